The van der Waals surface area contributed by atoms with Crippen LogP contribution in [0.25, 0.3) is 0 Å². The van der Waals surface area contributed by atoms with Gasteiger partial charge in [0.15, 0.2) is 0 Å². The van der Waals surface area contributed by atoms with Gasteiger partial charge in [-0.05, 0) is 19.9 Å². The molecule has 3 N–H and O–H groups in total. The highest BCUT2D eigenvalue weighted by molar-refractivity contribution is 7.80. The van der Waals surface area contributed by atoms with Crippen LogP contribution in [0.3, 0.4) is 0 Å². The molecule has 0 fully saturated rings. The zero-order chi connectivity index (χ0) is 12.7. The number of hydrogen-bond acceptors (Lipinski definition) is 5. The van der Waals surface area contributed by atoms with Gasteiger partial charge in [0.1, 0.15) is 10.8 Å². The van der Waals surface area contributed by atoms with E-state index in [0.29, 0.717) is 10.7 Å². The average Bonchev–Trinajstić information content (AvgIpc) is 2.55. The standard InChI is InChI=1S/C10H14N4O2S/c1-5(10(15)16)7-4-8(17)14-9(11-7)6(2)13(3)12-14/h4-5,11-12H,1-3H3,(H,15,16). The van der Waals surface area contributed by atoms with Crippen molar-refractivity contribution in [2.45, 2.75) is 13.8 Å². The highest BCUT2D eigenvalue weighted by Gasteiger charge is 2.32. The Morgan fingerprint density at radius 1 is 1.59 bits per heavy atom. The topological polar surface area (TPSA) is 67.8 Å². The van der Waals surface area contributed by atoms with Crippen molar-refractivity contribution in [2.24, 2.45) is 5.92 Å². The Morgan fingerprint density at radius 2 is 2.24 bits per heavy atom. The molecule has 0 radical (unpaired) electrons. The Bertz CT molecular complexity index is 457. The van der Waals surface area contributed by atoms with E-state index in [4.69, 9.17) is 17.3 Å². The third-order valence-electron chi connectivity index (χ3n) is 2.92. The van der Waals surface area contributed by atoms with Crippen LogP contribution in [0.4, 0.5) is 0 Å². The molecule has 0 saturated heterocycles. The minimum absolute atomic E-state index is 0.547. The van der Waals surface area contributed by atoms with Gasteiger partial charge in [0.2, 0.25) is 0 Å². The van der Waals surface area contributed by atoms with E-state index in [0.717, 1.165) is 11.5 Å². The first-order valence-electron chi connectivity index (χ1n) is 5.18. The maximum atomic E-state index is 11.0. The predicted octanol–water partition coefficient (Wildman–Crippen LogP) is 0.378. The van der Waals surface area contributed by atoms with Gasteiger partial charge in [-0.15, -0.1) is 5.53 Å². The second-order valence-electron chi connectivity index (χ2n) is 4.05. The van der Waals surface area contributed by atoms with Crippen LogP contribution in [0, 0.1) is 5.92 Å². The van der Waals surface area contributed by atoms with Crippen molar-refractivity contribution in [2.75, 3.05) is 7.05 Å². The van der Waals surface area contributed by atoms with Crippen molar-refractivity contribution < 1.29 is 9.90 Å². The molecule has 2 heterocycles. The first-order chi connectivity index (χ1) is 7.91. The third-order valence-corrected chi connectivity index (χ3v) is 3.22. The summed E-state index contributed by atoms with van der Waals surface area (Å²) in [5.74, 6) is -0.707. The van der Waals surface area contributed by atoms with Crippen molar-refractivity contribution in [3.8, 4) is 0 Å². The van der Waals surface area contributed by atoms with E-state index in [1.54, 1.807) is 18.0 Å². The van der Waals surface area contributed by atoms with Gasteiger partial charge in [0, 0.05) is 12.7 Å². The summed E-state index contributed by atoms with van der Waals surface area (Å²) in [6.45, 7) is 3.55. The molecular weight excluding hydrogens is 240 g/mol. The molecule has 0 aliphatic carbocycles. The molecule has 0 amide bonds. The van der Waals surface area contributed by atoms with Crippen LogP contribution in [0.1, 0.15) is 13.8 Å². The van der Waals surface area contributed by atoms with Crippen LogP contribution in [0.2, 0.25) is 0 Å². The minimum atomic E-state index is -0.877. The first kappa shape index (κ1) is 11.9. The second-order valence-corrected chi connectivity index (χ2v) is 4.47. The molecule has 0 saturated carbocycles. The lowest BCUT2D eigenvalue weighted by molar-refractivity contribution is -0.139. The fraction of sp³-hybridized carbons (Fsp3) is 0.400. The lowest BCUT2D eigenvalue weighted by Gasteiger charge is -2.29. The number of hydrazine groups is 2. The molecule has 0 aromatic heterocycles. The molecule has 2 aliphatic heterocycles. The van der Waals surface area contributed by atoms with Gasteiger partial charge in [-0.25, -0.2) is 5.01 Å². The van der Waals surface area contributed by atoms with E-state index in [-0.39, 0.29) is 0 Å². The molecule has 17 heavy (non-hydrogen) atoms. The Hall–Kier alpha value is -1.60. The summed E-state index contributed by atoms with van der Waals surface area (Å²) in [5, 5.41) is 15.6. The Morgan fingerprint density at radius 3 is 2.82 bits per heavy atom. The Kier molecular flexibility index (Phi) is 2.80. The van der Waals surface area contributed by atoms with Gasteiger partial charge in [-0.1, -0.05) is 12.2 Å². The van der Waals surface area contributed by atoms with Crippen LogP contribution in [-0.4, -0.2) is 33.1 Å². The molecular formula is C10H14N4O2S. The summed E-state index contributed by atoms with van der Waals surface area (Å²) in [5.41, 5.74) is 4.60. The number of aliphatic carboxylic acids is 1. The maximum Gasteiger partial charge on any atom is 0.312 e. The van der Waals surface area contributed by atoms with E-state index in [2.05, 4.69) is 10.9 Å². The van der Waals surface area contributed by atoms with Crippen LogP contribution >= 0.6 is 12.2 Å². The van der Waals surface area contributed by atoms with E-state index >= 15 is 0 Å². The largest absolute Gasteiger partial charge is 0.481 e. The first-order valence-corrected chi connectivity index (χ1v) is 5.59. The van der Waals surface area contributed by atoms with Gasteiger partial charge >= 0.3 is 5.97 Å². The molecule has 1 atom stereocenters. The average molecular weight is 254 g/mol. The molecule has 2 aliphatic rings. The zero-order valence-electron chi connectivity index (χ0n) is 9.81. The van der Waals surface area contributed by atoms with Gasteiger partial charge in [0.25, 0.3) is 0 Å². The van der Waals surface area contributed by atoms with Crippen molar-refractivity contribution >= 4 is 23.2 Å². The summed E-state index contributed by atoms with van der Waals surface area (Å²) in [4.78, 5) is 11.5. The van der Waals surface area contributed by atoms with Gasteiger partial charge in [-0.3, -0.25) is 9.80 Å². The van der Waals surface area contributed by atoms with Crippen LogP contribution < -0.4 is 10.9 Å². The van der Waals surface area contributed by atoms with Gasteiger partial charge in [0.05, 0.1) is 11.6 Å². The van der Waals surface area contributed by atoms with Gasteiger partial charge < -0.3 is 10.4 Å². The second kappa shape index (κ2) is 4.01. The van der Waals surface area contributed by atoms with E-state index in [9.17, 15) is 4.79 Å². The van der Waals surface area contributed by atoms with Crippen molar-refractivity contribution in [3.05, 3.63) is 23.3 Å². The third kappa shape index (κ3) is 1.87. The number of allylic oxidation sites excluding steroid dienone is 1. The Labute approximate surface area is 105 Å². The number of rotatable bonds is 2. The molecule has 6 nitrogen and oxygen atoms in total. The summed E-state index contributed by atoms with van der Waals surface area (Å²) in [7, 11) is 1.87. The van der Waals surface area contributed by atoms with Crippen molar-refractivity contribution in [3.63, 3.8) is 0 Å². The number of thiocarbonyl (C=S) groups is 1. The van der Waals surface area contributed by atoms with E-state index in [1.165, 1.54) is 0 Å². The molecule has 2 rings (SSSR count). The normalized spacial score (nSPS) is 21.1. The lowest BCUT2D eigenvalue weighted by atomic mass is 10.1. The van der Waals surface area contributed by atoms with Crippen molar-refractivity contribution in [1.29, 1.82) is 0 Å². The quantitative estimate of drug-likeness (QED) is 0.615. The van der Waals surface area contributed by atoms with E-state index in [1.807, 2.05) is 19.0 Å². The molecule has 0 aromatic carbocycles. The summed E-state index contributed by atoms with van der Waals surface area (Å²) >= 11 is 5.23. The van der Waals surface area contributed by atoms with E-state index < -0.39 is 11.9 Å². The smallest absolute Gasteiger partial charge is 0.312 e. The molecule has 1 unspecified atom stereocenters. The lowest BCUT2D eigenvalue weighted by Crippen LogP contribution is -2.47. The zero-order valence-corrected chi connectivity index (χ0v) is 10.6. The number of fused-ring (bicyclic) bond motifs is 1. The number of carboxylic acid groups (broad SMARTS) is 1. The number of nitrogens with zero attached hydrogens (tertiary/aromatic N) is 2. The summed E-state index contributed by atoms with van der Waals surface area (Å²) in [6, 6.07) is 0. The molecule has 0 aromatic rings. The van der Waals surface area contributed by atoms with Gasteiger partial charge in [-0.2, -0.15) is 0 Å². The molecule has 0 spiro atoms. The van der Waals surface area contributed by atoms with Crippen molar-refractivity contribution in [1.82, 2.24) is 20.9 Å². The Balaban J connectivity index is 2.34. The number of hydrogen-bond donors (Lipinski definition) is 3. The molecule has 7 heteroatoms. The monoisotopic (exact) mass is 254 g/mol. The number of carboxylic acids is 1. The number of carbonyl (C=O) groups is 1. The molecule has 0 bridgehead atoms. The maximum absolute atomic E-state index is 11.0. The fourth-order valence-corrected chi connectivity index (χ4v) is 1.90. The van der Waals surface area contributed by atoms with Crippen LogP contribution in [0.15, 0.2) is 23.3 Å². The molecule has 92 valence electrons. The summed E-state index contributed by atoms with van der Waals surface area (Å²) in [6.07, 6.45) is 1.66. The predicted molar refractivity (Wildman–Crippen MR) is 66.1 cm³/mol. The van der Waals surface area contributed by atoms with Crippen LogP contribution in [-0.2, 0) is 4.79 Å². The highest BCUT2D eigenvalue weighted by atomic mass is 32.1. The summed E-state index contributed by atoms with van der Waals surface area (Å²) < 4.78 is 0. The fourth-order valence-electron chi connectivity index (χ4n) is 1.64. The minimum Gasteiger partial charge on any atom is -0.481 e. The SMILES string of the molecule is CC1=C2NC(C(C)C(=O)O)=CC(=S)N2NN1C. The number of nitrogens with one attached hydrogen (secondary N) is 2. The highest BCUT2D eigenvalue weighted by Crippen LogP contribution is 2.24. The van der Waals surface area contributed by atoms with Crippen LogP contribution in [0.5, 0.6) is 0 Å².